The molecule has 3 aromatic rings. The van der Waals surface area contributed by atoms with Gasteiger partial charge in [-0.05, 0) is 19.1 Å². The minimum Gasteiger partial charge on any atom is -0.346 e. The number of hydrogen-bond acceptors (Lipinski definition) is 6. The van der Waals surface area contributed by atoms with Crippen LogP contribution in [0.4, 0.5) is 5.13 Å². The molecule has 1 fully saturated rings. The highest BCUT2D eigenvalue weighted by Gasteiger charge is 2.20. The molecule has 5 nitrogen and oxygen atoms in total. The maximum absolute atomic E-state index is 4.81. The second-order valence-corrected chi connectivity index (χ2v) is 6.70. The molecule has 6 heteroatoms. The van der Waals surface area contributed by atoms with Gasteiger partial charge in [-0.25, -0.2) is 15.0 Å². The molecule has 0 saturated carbocycles. The molecule has 1 aromatic carbocycles. The minimum atomic E-state index is 0.870. The van der Waals surface area contributed by atoms with Crippen molar-refractivity contribution in [1.82, 2.24) is 19.9 Å². The van der Waals surface area contributed by atoms with Crippen LogP contribution in [0.5, 0.6) is 0 Å². The van der Waals surface area contributed by atoms with Gasteiger partial charge >= 0.3 is 0 Å². The van der Waals surface area contributed by atoms with Crippen molar-refractivity contribution in [3.63, 3.8) is 0 Å². The quantitative estimate of drug-likeness (QED) is 0.741. The Balaban J connectivity index is 1.46. The lowest BCUT2D eigenvalue weighted by Crippen LogP contribution is -2.46. The molecule has 0 spiro atoms. The van der Waals surface area contributed by atoms with Crippen molar-refractivity contribution in [2.75, 3.05) is 31.1 Å². The largest absolute Gasteiger partial charge is 0.346 e. The van der Waals surface area contributed by atoms with Gasteiger partial charge in [0.15, 0.2) is 5.13 Å². The SMILES string of the molecule is Cc1nc2ccccc2nc1CN1CCN(c2nccs2)CC1. The molecule has 0 amide bonds. The predicted octanol–water partition coefficient (Wildman–Crippen LogP) is 2.72. The van der Waals surface area contributed by atoms with E-state index in [-0.39, 0.29) is 0 Å². The van der Waals surface area contributed by atoms with E-state index in [1.54, 1.807) is 11.3 Å². The van der Waals surface area contributed by atoms with Crippen molar-refractivity contribution in [1.29, 1.82) is 0 Å². The summed E-state index contributed by atoms with van der Waals surface area (Å²) in [5, 5.41) is 3.17. The Morgan fingerprint density at radius 3 is 2.48 bits per heavy atom. The number of piperazine rings is 1. The molecule has 4 rings (SSSR count). The minimum absolute atomic E-state index is 0.870. The normalized spacial score (nSPS) is 16.1. The van der Waals surface area contributed by atoms with Crippen molar-refractivity contribution >= 4 is 27.5 Å². The fourth-order valence-corrected chi connectivity index (χ4v) is 3.65. The Kier molecular flexibility index (Phi) is 3.93. The summed E-state index contributed by atoms with van der Waals surface area (Å²) >= 11 is 1.71. The van der Waals surface area contributed by atoms with Gasteiger partial charge in [0.05, 0.1) is 22.4 Å². The standard InChI is InChI=1S/C17H19N5S/c1-13-16(20-15-5-3-2-4-14(15)19-13)12-21-7-9-22(10-8-21)17-18-6-11-23-17/h2-6,11H,7-10,12H2,1H3. The molecule has 0 aliphatic carbocycles. The van der Waals surface area contributed by atoms with Crippen molar-refractivity contribution in [3.05, 3.63) is 47.2 Å². The van der Waals surface area contributed by atoms with Crippen LogP contribution in [-0.2, 0) is 6.54 Å². The molecule has 0 unspecified atom stereocenters. The first kappa shape index (κ1) is 14.5. The van der Waals surface area contributed by atoms with Crippen molar-refractivity contribution in [2.24, 2.45) is 0 Å². The number of rotatable bonds is 3. The molecule has 2 aromatic heterocycles. The topological polar surface area (TPSA) is 45.2 Å². The average molecular weight is 325 g/mol. The van der Waals surface area contributed by atoms with E-state index in [1.165, 1.54) is 0 Å². The number of aromatic nitrogens is 3. The molecule has 0 bridgehead atoms. The highest BCUT2D eigenvalue weighted by molar-refractivity contribution is 7.13. The van der Waals surface area contributed by atoms with Crippen LogP contribution in [0.1, 0.15) is 11.4 Å². The fraction of sp³-hybridized carbons (Fsp3) is 0.353. The molecule has 23 heavy (non-hydrogen) atoms. The highest BCUT2D eigenvalue weighted by atomic mass is 32.1. The van der Waals surface area contributed by atoms with E-state index in [0.29, 0.717) is 0 Å². The summed E-state index contributed by atoms with van der Waals surface area (Å²) in [5.41, 5.74) is 4.08. The number of anilines is 1. The first-order valence-electron chi connectivity index (χ1n) is 7.89. The maximum Gasteiger partial charge on any atom is 0.185 e. The summed E-state index contributed by atoms with van der Waals surface area (Å²) in [6, 6.07) is 8.08. The van der Waals surface area contributed by atoms with Gasteiger partial charge in [-0.1, -0.05) is 12.1 Å². The lowest BCUT2D eigenvalue weighted by molar-refractivity contribution is 0.246. The van der Waals surface area contributed by atoms with Crippen LogP contribution < -0.4 is 4.90 Å². The van der Waals surface area contributed by atoms with E-state index in [1.807, 2.05) is 35.8 Å². The summed E-state index contributed by atoms with van der Waals surface area (Å²) in [7, 11) is 0. The van der Waals surface area contributed by atoms with Gasteiger partial charge in [0.25, 0.3) is 0 Å². The molecular weight excluding hydrogens is 306 g/mol. The molecule has 0 atom stereocenters. The number of hydrogen-bond donors (Lipinski definition) is 0. The lowest BCUT2D eigenvalue weighted by Gasteiger charge is -2.34. The van der Waals surface area contributed by atoms with Crippen molar-refractivity contribution in [2.45, 2.75) is 13.5 Å². The highest BCUT2D eigenvalue weighted by Crippen LogP contribution is 2.20. The van der Waals surface area contributed by atoms with Gasteiger partial charge in [0.2, 0.25) is 0 Å². The van der Waals surface area contributed by atoms with Crippen LogP contribution >= 0.6 is 11.3 Å². The average Bonchev–Trinajstić information content (AvgIpc) is 3.11. The van der Waals surface area contributed by atoms with E-state index in [4.69, 9.17) is 4.98 Å². The van der Waals surface area contributed by atoms with Crippen molar-refractivity contribution in [3.8, 4) is 0 Å². The van der Waals surface area contributed by atoms with Gasteiger partial charge in [-0.3, -0.25) is 4.90 Å². The maximum atomic E-state index is 4.81. The summed E-state index contributed by atoms with van der Waals surface area (Å²) in [4.78, 5) is 18.7. The van der Waals surface area contributed by atoms with Crippen LogP contribution in [0.2, 0.25) is 0 Å². The van der Waals surface area contributed by atoms with Gasteiger partial charge in [0.1, 0.15) is 0 Å². The van der Waals surface area contributed by atoms with Crippen LogP contribution in [0.25, 0.3) is 11.0 Å². The van der Waals surface area contributed by atoms with Crippen LogP contribution in [-0.4, -0.2) is 46.0 Å². The van der Waals surface area contributed by atoms with Gasteiger partial charge in [-0.15, -0.1) is 11.3 Å². The Morgan fingerprint density at radius 2 is 1.78 bits per heavy atom. The molecular formula is C17H19N5S. The van der Waals surface area contributed by atoms with E-state index >= 15 is 0 Å². The summed E-state index contributed by atoms with van der Waals surface area (Å²) in [5.74, 6) is 0. The summed E-state index contributed by atoms with van der Waals surface area (Å²) < 4.78 is 0. The molecule has 0 N–H and O–H groups in total. The summed E-state index contributed by atoms with van der Waals surface area (Å²) in [6.07, 6.45) is 1.88. The van der Waals surface area contributed by atoms with E-state index in [2.05, 4.69) is 26.7 Å². The Morgan fingerprint density at radius 1 is 1.04 bits per heavy atom. The lowest BCUT2D eigenvalue weighted by atomic mass is 10.2. The first-order valence-corrected chi connectivity index (χ1v) is 8.76. The Bertz CT molecular complexity index is 794. The number of para-hydroxylation sites is 2. The van der Waals surface area contributed by atoms with Crippen LogP contribution in [0.3, 0.4) is 0 Å². The second-order valence-electron chi connectivity index (χ2n) is 5.82. The van der Waals surface area contributed by atoms with Gasteiger partial charge in [0, 0.05) is 44.3 Å². The Labute approximate surface area is 139 Å². The summed E-state index contributed by atoms with van der Waals surface area (Å²) in [6.45, 7) is 7.04. The molecule has 1 aliphatic heterocycles. The number of thiazole rings is 1. The number of benzene rings is 1. The predicted molar refractivity (Wildman–Crippen MR) is 93.9 cm³/mol. The Hall–Kier alpha value is -2.05. The zero-order valence-corrected chi connectivity index (χ0v) is 14.0. The number of nitrogens with zero attached hydrogens (tertiary/aromatic N) is 5. The van der Waals surface area contributed by atoms with Crippen LogP contribution in [0.15, 0.2) is 35.8 Å². The molecule has 0 radical (unpaired) electrons. The van der Waals surface area contributed by atoms with Crippen LogP contribution in [0, 0.1) is 6.92 Å². The van der Waals surface area contributed by atoms with E-state index in [0.717, 1.165) is 60.3 Å². The zero-order valence-electron chi connectivity index (χ0n) is 13.1. The van der Waals surface area contributed by atoms with Gasteiger partial charge in [-0.2, -0.15) is 0 Å². The molecule has 1 saturated heterocycles. The monoisotopic (exact) mass is 325 g/mol. The van der Waals surface area contributed by atoms with E-state index in [9.17, 15) is 0 Å². The third-order valence-electron chi connectivity index (χ3n) is 4.28. The number of fused-ring (bicyclic) bond motifs is 1. The zero-order chi connectivity index (χ0) is 15.6. The third kappa shape index (κ3) is 3.04. The van der Waals surface area contributed by atoms with E-state index < -0.39 is 0 Å². The smallest absolute Gasteiger partial charge is 0.185 e. The van der Waals surface area contributed by atoms with Gasteiger partial charge < -0.3 is 4.90 Å². The number of aryl methyl sites for hydroxylation is 1. The van der Waals surface area contributed by atoms with Crippen molar-refractivity contribution < 1.29 is 0 Å². The molecule has 1 aliphatic rings. The molecule has 3 heterocycles. The molecule has 118 valence electrons. The third-order valence-corrected chi connectivity index (χ3v) is 5.11. The second kappa shape index (κ2) is 6.22. The first-order chi connectivity index (χ1) is 11.3. The fourth-order valence-electron chi connectivity index (χ4n) is 2.96.